The van der Waals surface area contributed by atoms with E-state index in [1.807, 2.05) is 0 Å². The predicted molar refractivity (Wildman–Crippen MR) is 107 cm³/mol. The van der Waals surface area contributed by atoms with Crippen LogP contribution in [0.3, 0.4) is 0 Å². The van der Waals surface area contributed by atoms with Crippen molar-refractivity contribution >= 4 is 33.2 Å². The number of carbonyl (C=O) groups excluding carboxylic acids is 1. The number of para-hydroxylation sites is 1. The molecule has 5 nitrogen and oxygen atoms in total. The number of rotatable bonds is 5. The first-order valence-corrected chi connectivity index (χ1v) is 10.9. The van der Waals surface area contributed by atoms with Crippen molar-refractivity contribution in [3.8, 4) is 0 Å². The lowest BCUT2D eigenvalue weighted by Gasteiger charge is -2.28. The first-order chi connectivity index (χ1) is 13.0. The number of benzene rings is 2. The van der Waals surface area contributed by atoms with Crippen LogP contribution < -0.4 is 4.31 Å². The molecule has 3 rings (SSSR count). The van der Waals surface area contributed by atoms with E-state index in [9.17, 15) is 13.2 Å². The molecule has 0 N–H and O–H groups in total. The quantitative estimate of drug-likeness (QED) is 0.755. The summed E-state index contributed by atoms with van der Waals surface area (Å²) >= 11 is 6.28. The van der Waals surface area contributed by atoms with Crippen molar-refractivity contribution < 1.29 is 13.2 Å². The molecular formula is C20H23ClN2O3S. The molecule has 144 valence electrons. The molecule has 1 fully saturated rings. The van der Waals surface area contributed by atoms with Crippen LogP contribution in [-0.4, -0.2) is 38.9 Å². The van der Waals surface area contributed by atoms with Crippen molar-refractivity contribution in [2.24, 2.45) is 0 Å². The minimum atomic E-state index is -3.92. The van der Waals surface area contributed by atoms with Gasteiger partial charge in [-0.1, -0.05) is 54.8 Å². The summed E-state index contributed by atoms with van der Waals surface area (Å²) in [6, 6.07) is 14.8. The Morgan fingerprint density at radius 1 is 0.926 bits per heavy atom. The van der Waals surface area contributed by atoms with Crippen LogP contribution >= 0.6 is 11.6 Å². The Hall–Kier alpha value is -2.05. The first-order valence-electron chi connectivity index (χ1n) is 9.10. The summed E-state index contributed by atoms with van der Waals surface area (Å²) in [5, 5.41) is 0.292. The molecule has 1 amide bonds. The monoisotopic (exact) mass is 406 g/mol. The van der Waals surface area contributed by atoms with Crippen LogP contribution in [0.15, 0.2) is 59.5 Å². The summed E-state index contributed by atoms with van der Waals surface area (Å²) in [6.07, 6.45) is 4.09. The minimum Gasteiger partial charge on any atom is -0.341 e. The van der Waals surface area contributed by atoms with E-state index in [1.54, 1.807) is 47.4 Å². The van der Waals surface area contributed by atoms with Gasteiger partial charge in [-0.15, -0.1) is 0 Å². The van der Waals surface area contributed by atoms with E-state index in [4.69, 9.17) is 11.6 Å². The molecule has 1 saturated heterocycles. The zero-order valence-corrected chi connectivity index (χ0v) is 16.6. The highest BCUT2D eigenvalue weighted by atomic mass is 35.5. The van der Waals surface area contributed by atoms with Gasteiger partial charge in [-0.25, -0.2) is 8.42 Å². The molecule has 7 heteroatoms. The van der Waals surface area contributed by atoms with Crippen molar-refractivity contribution in [3.05, 3.63) is 59.6 Å². The Bertz CT molecular complexity index is 879. The van der Waals surface area contributed by atoms with Crippen LogP contribution in [0.25, 0.3) is 0 Å². The van der Waals surface area contributed by atoms with E-state index in [1.165, 1.54) is 12.1 Å². The van der Waals surface area contributed by atoms with Crippen LogP contribution in [0.2, 0.25) is 5.02 Å². The van der Waals surface area contributed by atoms with E-state index in [0.717, 1.165) is 30.0 Å². The fourth-order valence-electron chi connectivity index (χ4n) is 3.22. The van der Waals surface area contributed by atoms with Gasteiger partial charge in [0, 0.05) is 13.1 Å². The first kappa shape index (κ1) is 19.7. The molecule has 1 aliphatic rings. The molecule has 2 aromatic rings. The molecule has 0 saturated carbocycles. The van der Waals surface area contributed by atoms with Crippen LogP contribution in [0, 0.1) is 0 Å². The number of carbonyl (C=O) groups is 1. The smallest absolute Gasteiger partial charge is 0.264 e. The Kier molecular flexibility index (Phi) is 6.39. The fraction of sp³-hybridized carbons (Fsp3) is 0.350. The summed E-state index contributed by atoms with van der Waals surface area (Å²) in [5.41, 5.74) is 0.311. The Labute approximate surface area is 165 Å². The lowest BCUT2D eigenvalue weighted by Crippen LogP contribution is -2.43. The maximum atomic E-state index is 13.3. The normalized spacial score (nSPS) is 15.2. The number of nitrogens with zero attached hydrogens (tertiary/aromatic N) is 2. The molecule has 0 radical (unpaired) electrons. The maximum absolute atomic E-state index is 13.3. The minimum absolute atomic E-state index is 0.133. The summed E-state index contributed by atoms with van der Waals surface area (Å²) < 4.78 is 27.7. The molecule has 1 aliphatic heterocycles. The zero-order valence-electron chi connectivity index (χ0n) is 15.1. The second kappa shape index (κ2) is 8.76. The molecule has 0 bridgehead atoms. The standard InChI is InChI=1S/C20H23ClN2O3S/c21-18-12-6-7-13-19(18)23(27(25,26)17-10-4-3-5-11-17)16-20(24)22-14-8-1-2-9-15-22/h3-7,10-13H,1-2,8-9,14-16H2. The van der Waals surface area contributed by atoms with Crippen molar-refractivity contribution in [2.45, 2.75) is 30.6 Å². The largest absolute Gasteiger partial charge is 0.341 e. The lowest BCUT2D eigenvalue weighted by molar-refractivity contribution is -0.129. The van der Waals surface area contributed by atoms with Gasteiger partial charge in [0.05, 0.1) is 15.6 Å². The number of amides is 1. The van der Waals surface area contributed by atoms with Gasteiger partial charge in [-0.2, -0.15) is 0 Å². The third kappa shape index (κ3) is 4.62. The van der Waals surface area contributed by atoms with Crippen molar-refractivity contribution in [2.75, 3.05) is 23.9 Å². The van der Waals surface area contributed by atoms with E-state index < -0.39 is 10.0 Å². The molecule has 2 aromatic carbocycles. The van der Waals surface area contributed by atoms with Crippen LogP contribution in [0.4, 0.5) is 5.69 Å². The molecule has 0 spiro atoms. The van der Waals surface area contributed by atoms with Crippen molar-refractivity contribution in [3.63, 3.8) is 0 Å². The molecule has 0 unspecified atom stereocenters. The highest BCUT2D eigenvalue weighted by Gasteiger charge is 2.30. The second-order valence-corrected chi connectivity index (χ2v) is 8.84. The molecule has 0 atom stereocenters. The van der Waals surface area contributed by atoms with E-state index in [2.05, 4.69) is 0 Å². The van der Waals surface area contributed by atoms with Gasteiger partial charge in [-0.05, 0) is 37.1 Å². The van der Waals surface area contributed by atoms with Gasteiger partial charge in [0.25, 0.3) is 10.0 Å². The molecule has 27 heavy (non-hydrogen) atoms. The maximum Gasteiger partial charge on any atom is 0.264 e. The van der Waals surface area contributed by atoms with Crippen LogP contribution in [0.1, 0.15) is 25.7 Å². The Morgan fingerprint density at radius 3 is 2.15 bits per heavy atom. The Balaban J connectivity index is 1.96. The summed E-state index contributed by atoms with van der Waals surface area (Å²) in [5.74, 6) is -0.198. The number of hydrogen-bond donors (Lipinski definition) is 0. The number of anilines is 1. The van der Waals surface area contributed by atoms with Gasteiger partial charge in [0.15, 0.2) is 0 Å². The van der Waals surface area contributed by atoms with Crippen molar-refractivity contribution in [1.82, 2.24) is 4.90 Å². The SMILES string of the molecule is O=C(CN(c1ccccc1Cl)S(=O)(=O)c1ccccc1)N1CCCCCC1. The average molecular weight is 407 g/mol. The zero-order chi connectivity index (χ0) is 19.3. The van der Waals surface area contributed by atoms with E-state index in [0.29, 0.717) is 23.8 Å². The lowest BCUT2D eigenvalue weighted by atomic mass is 10.2. The topological polar surface area (TPSA) is 57.7 Å². The van der Waals surface area contributed by atoms with Gasteiger partial charge >= 0.3 is 0 Å². The highest BCUT2D eigenvalue weighted by molar-refractivity contribution is 7.92. The Morgan fingerprint density at radius 2 is 1.52 bits per heavy atom. The molecule has 0 aliphatic carbocycles. The van der Waals surface area contributed by atoms with E-state index in [-0.39, 0.29) is 17.3 Å². The van der Waals surface area contributed by atoms with E-state index >= 15 is 0 Å². The second-order valence-electron chi connectivity index (χ2n) is 6.57. The summed E-state index contributed by atoms with van der Waals surface area (Å²) in [7, 11) is -3.92. The molecular weight excluding hydrogens is 384 g/mol. The van der Waals surface area contributed by atoms with Crippen molar-refractivity contribution in [1.29, 1.82) is 0 Å². The summed E-state index contributed by atoms with van der Waals surface area (Å²) in [6.45, 7) is 1.07. The highest BCUT2D eigenvalue weighted by Crippen LogP contribution is 2.30. The van der Waals surface area contributed by atoms with Gasteiger partial charge in [0.1, 0.15) is 6.54 Å². The predicted octanol–water partition coefficient (Wildman–Crippen LogP) is 3.94. The summed E-state index contributed by atoms with van der Waals surface area (Å²) in [4.78, 5) is 14.8. The molecule has 1 heterocycles. The third-order valence-corrected chi connectivity index (χ3v) is 6.78. The van der Waals surface area contributed by atoms with Crippen LogP contribution in [-0.2, 0) is 14.8 Å². The number of halogens is 1. The van der Waals surface area contributed by atoms with Gasteiger partial charge < -0.3 is 4.90 Å². The molecule has 0 aromatic heterocycles. The fourth-order valence-corrected chi connectivity index (χ4v) is 4.96. The van der Waals surface area contributed by atoms with Gasteiger partial charge in [0.2, 0.25) is 5.91 Å². The number of hydrogen-bond acceptors (Lipinski definition) is 3. The number of sulfonamides is 1. The average Bonchev–Trinajstić information content (AvgIpc) is 2.97. The third-order valence-electron chi connectivity index (χ3n) is 4.69. The number of likely N-dealkylation sites (tertiary alicyclic amines) is 1. The van der Waals surface area contributed by atoms with Crippen LogP contribution in [0.5, 0.6) is 0 Å². The van der Waals surface area contributed by atoms with Gasteiger partial charge in [-0.3, -0.25) is 9.10 Å².